The second-order valence-corrected chi connectivity index (χ2v) is 12.5. The van der Waals surface area contributed by atoms with E-state index in [1.165, 1.54) is 35.9 Å². The van der Waals surface area contributed by atoms with Crippen LogP contribution >= 0.6 is 0 Å². The van der Waals surface area contributed by atoms with Crippen LogP contribution in [0.3, 0.4) is 0 Å². The quantitative estimate of drug-likeness (QED) is 0.0621. The third-order valence-electron chi connectivity index (χ3n) is 7.24. The number of nitrogens with two attached hydrogens (primary N) is 1. The number of aryl methyl sites for hydroxylation is 2. The number of nitro benzene ring substituents is 2. The first-order chi connectivity index (χ1) is 25.5. The number of rotatable bonds is 9. The normalized spacial score (nSPS) is 11.1. The average Bonchev–Trinajstić information content (AvgIpc) is 3.59. The van der Waals surface area contributed by atoms with E-state index in [1.54, 1.807) is 31.2 Å². The van der Waals surface area contributed by atoms with Gasteiger partial charge in [-0.25, -0.2) is 33.1 Å². The molecular formula is C32H25CrN11NaO10S-. The third kappa shape index (κ3) is 10.2. The molecule has 21 nitrogen and oxygen atoms in total. The molecule has 0 saturated carbocycles. The maximum Gasteiger partial charge on any atom is 1.00 e. The Hall–Kier alpha value is -6.06. The zero-order valence-electron chi connectivity index (χ0n) is 29.2. The summed E-state index contributed by atoms with van der Waals surface area (Å²) in [5.41, 5.74) is -0.726. The number of para-hydroxylation sites is 1. The van der Waals surface area contributed by atoms with Crippen molar-refractivity contribution in [3.63, 3.8) is 0 Å². The number of sulfonamides is 1. The molecule has 0 aliphatic carbocycles. The van der Waals surface area contributed by atoms with Crippen molar-refractivity contribution in [2.75, 3.05) is 0 Å². The molecule has 0 unspecified atom stereocenters. The van der Waals surface area contributed by atoms with Gasteiger partial charge < -0.3 is 30.0 Å². The van der Waals surface area contributed by atoms with Gasteiger partial charge in [-0.1, -0.05) is 43.4 Å². The van der Waals surface area contributed by atoms with Crippen molar-refractivity contribution < 1.29 is 75.4 Å². The topological polar surface area (TPSA) is 306 Å². The number of benzene rings is 4. The molecule has 0 radical (unpaired) electrons. The molecule has 0 amide bonds. The summed E-state index contributed by atoms with van der Waals surface area (Å²) in [4.78, 5) is 45.3. The SMILES string of the molecule is Cc1nn(-c2ccc(S(N)(=O)=O)cc2)c(=O)[c-]1N=Nc1cc([N+](=O)[O-])ccc1O.Cc1nn(-c2ccccc2)c(=O)[c-]1N=Nc1cc([N+](=O)[O-])ccc1O.[Cr].[Na+]. The van der Waals surface area contributed by atoms with Crippen LogP contribution in [0, 0.1) is 34.1 Å². The maximum atomic E-state index is 12.6. The van der Waals surface area contributed by atoms with Crippen LogP contribution in [0.25, 0.3) is 11.4 Å². The van der Waals surface area contributed by atoms with Gasteiger partial charge in [-0.3, -0.25) is 20.2 Å². The van der Waals surface area contributed by atoms with E-state index in [0.717, 1.165) is 41.1 Å². The first-order valence-corrected chi connectivity index (χ1v) is 16.6. The van der Waals surface area contributed by atoms with E-state index in [2.05, 4.69) is 30.7 Å². The van der Waals surface area contributed by atoms with E-state index in [9.17, 15) is 48.4 Å². The molecule has 0 atom stereocenters. The minimum atomic E-state index is -3.88. The number of hydrogen-bond donors (Lipinski definition) is 3. The summed E-state index contributed by atoms with van der Waals surface area (Å²) >= 11 is 0. The van der Waals surface area contributed by atoms with E-state index >= 15 is 0 Å². The minimum Gasteiger partial charge on any atom is -0.506 e. The van der Waals surface area contributed by atoms with Crippen LogP contribution in [-0.2, 0) is 27.4 Å². The number of phenolic OH excluding ortho intramolecular Hbond substituents is 2. The van der Waals surface area contributed by atoms with Crippen molar-refractivity contribution in [2.45, 2.75) is 18.7 Å². The third-order valence-corrected chi connectivity index (χ3v) is 8.17. The van der Waals surface area contributed by atoms with E-state index < -0.39 is 31.0 Å². The monoisotopic (exact) mass is 830 g/mol. The maximum absolute atomic E-state index is 12.6. The molecular weight excluding hydrogens is 805 g/mol. The van der Waals surface area contributed by atoms with Gasteiger partial charge in [-0.05, 0) is 48.5 Å². The van der Waals surface area contributed by atoms with Crippen molar-refractivity contribution in [3.8, 4) is 22.9 Å². The number of primary sulfonamides is 1. The fourth-order valence-corrected chi connectivity index (χ4v) is 5.06. The number of non-ortho nitro benzene ring substituents is 2. The van der Waals surface area contributed by atoms with Crippen molar-refractivity contribution in [1.82, 2.24) is 19.6 Å². The van der Waals surface area contributed by atoms with Gasteiger partial charge >= 0.3 is 29.6 Å². The number of aromatic hydroxyl groups is 2. The molecule has 0 bridgehead atoms. The minimum absolute atomic E-state index is 0. The Kier molecular flexibility index (Phi) is 14.7. The summed E-state index contributed by atoms with van der Waals surface area (Å²) in [6, 6.07) is 20.5. The van der Waals surface area contributed by atoms with Gasteiger partial charge in [0.1, 0.15) is 34.0 Å². The van der Waals surface area contributed by atoms with Gasteiger partial charge in [0.25, 0.3) is 11.4 Å². The smallest absolute Gasteiger partial charge is 0.506 e. The van der Waals surface area contributed by atoms with Crippen molar-refractivity contribution in [3.05, 3.63) is 143 Å². The largest absolute Gasteiger partial charge is 1.00 e. The van der Waals surface area contributed by atoms with Crippen molar-refractivity contribution in [1.29, 1.82) is 0 Å². The Morgan fingerprint density at radius 1 is 0.696 bits per heavy atom. The number of phenols is 2. The Morgan fingerprint density at radius 2 is 1.09 bits per heavy atom. The van der Waals surface area contributed by atoms with Gasteiger partial charge in [0, 0.05) is 41.6 Å². The molecule has 6 aromatic rings. The van der Waals surface area contributed by atoms with Crippen LogP contribution in [0.15, 0.2) is 126 Å². The van der Waals surface area contributed by atoms with Crippen LogP contribution in [0.1, 0.15) is 11.4 Å². The molecule has 6 rings (SSSR count). The molecule has 0 aliphatic heterocycles. The van der Waals surface area contributed by atoms with E-state index in [-0.39, 0.29) is 109 Å². The molecule has 282 valence electrons. The zero-order valence-corrected chi connectivity index (χ0v) is 33.3. The average molecular weight is 831 g/mol. The predicted octanol–water partition coefficient (Wildman–Crippen LogP) is 2.23. The summed E-state index contributed by atoms with van der Waals surface area (Å²) < 4.78 is 24.8. The Labute approximate surface area is 347 Å². The van der Waals surface area contributed by atoms with Crippen molar-refractivity contribution in [2.24, 2.45) is 25.6 Å². The van der Waals surface area contributed by atoms with Gasteiger partial charge in [0.2, 0.25) is 10.0 Å². The predicted molar refractivity (Wildman–Crippen MR) is 190 cm³/mol. The van der Waals surface area contributed by atoms with E-state index in [1.807, 2.05) is 6.07 Å². The molecule has 24 heteroatoms. The van der Waals surface area contributed by atoms with Crippen LogP contribution in [0.4, 0.5) is 34.1 Å². The molecule has 0 aliphatic rings. The molecule has 4 aromatic carbocycles. The summed E-state index contributed by atoms with van der Waals surface area (Å²) in [7, 11) is -3.88. The second kappa shape index (κ2) is 18.5. The molecule has 56 heavy (non-hydrogen) atoms. The summed E-state index contributed by atoms with van der Waals surface area (Å²) in [5.74, 6) is -0.634. The molecule has 2 aromatic heterocycles. The fourth-order valence-electron chi connectivity index (χ4n) is 4.54. The molecule has 2 heterocycles. The number of azo groups is 2. The van der Waals surface area contributed by atoms with E-state index in [4.69, 9.17) is 5.14 Å². The zero-order chi connectivity index (χ0) is 39.3. The van der Waals surface area contributed by atoms with E-state index in [0.29, 0.717) is 11.4 Å². The number of hydrogen-bond acceptors (Lipinski definition) is 16. The Balaban J connectivity index is 0.000000293. The van der Waals surface area contributed by atoms with Crippen LogP contribution in [0.2, 0.25) is 0 Å². The number of aromatic nitrogens is 4. The first-order valence-electron chi connectivity index (χ1n) is 15.1. The first kappa shape index (κ1) is 44.3. The van der Waals surface area contributed by atoms with Gasteiger partial charge in [-0.2, -0.15) is 10.2 Å². The number of nitrogens with zero attached hydrogens (tertiary/aromatic N) is 10. The van der Waals surface area contributed by atoms with Gasteiger partial charge in [0.05, 0.1) is 26.1 Å². The fraction of sp³-hybridized carbons (Fsp3) is 0.0625. The molecule has 0 fully saturated rings. The summed E-state index contributed by atoms with van der Waals surface area (Å²) in [6.07, 6.45) is 0. The van der Waals surface area contributed by atoms with Crippen molar-refractivity contribution >= 4 is 44.1 Å². The summed E-state index contributed by atoms with van der Waals surface area (Å²) in [6.45, 7) is 3.10. The Bertz CT molecular complexity index is 2690. The number of nitro groups is 2. The second-order valence-electron chi connectivity index (χ2n) is 10.9. The summed E-state index contributed by atoms with van der Waals surface area (Å²) in [5, 5.41) is 69.5. The molecule has 0 spiro atoms. The van der Waals surface area contributed by atoms with Gasteiger partial charge in [-0.15, -0.1) is 11.4 Å². The van der Waals surface area contributed by atoms with Gasteiger partial charge in [0.15, 0.2) is 0 Å². The van der Waals surface area contributed by atoms with Crippen LogP contribution in [0.5, 0.6) is 11.5 Å². The van der Waals surface area contributed by atoms with Crippen LogP contribution in [-0.4, -0.2) is 48.0 Å². The molecule has 0 saturated heterocycles. The molecule has 4 N–H and O–H groups in total. The Morgan fingerprint density at radius 3 is 1.46 bits per heavy atom. The standard InChI is InChI=1S/C16H13N6O6S.C16H12N5O4.Cr.Na/c1-9-15(19-18-13-8-11(22(25)26)4-7-14(13)23)16(24)21(20-9)10-2-5-12(6-3-10)29(17,27)28;1-10-15(16(23)20(19-10)11-5-3-2-4-6-11)18-17-13-9-12(21(24)25)7-8-14(13)22;;/h2-8,23H,1H3,(H2,17,27,28);2-9,22H,1H3;;/q2*-1;;+1. The van der Waals surface area contributed by atoms with Crippen LogP contribution < -0.4 is 45.8 Å².